The minimum Gasteiger partial charge on any atom is -0.384 e. The van der Waals surface area contributed by atoms with E-state index in [0.29, 0.717) is 6.42 Å². The van der Waals surface area contributed by atoms with Crippen LogP contribution in [-0.2, 0) is 9.84 Å². The third kappa shape index (κ3) is 2.91. The van der Waals surface area contributed by atoms with E-state index < -0.39 is 15.7 Å². The Hall–Kier alpha value is -1.34. The van der Waals surface area contributed by atoms with E-state index in [1.165, 1.54) is 12.3 Å². The van der Waals surface area contributed by atoms with Crippen molar-refractivity contribution < 1.29 is 13.2 Å². The van der Waals surface area contributed by atoms with Gasteiger partial charge in [0, 0.05) is 12.2 Å². The molecule has 2 heterocycles. The number of hydrogen-bond acceptors (Lipinski definition) is 5. The van der Waals surface area contributed by atoms with Gasteiger partial charge in [-0.1, -0.05) is 11.6 Å². The molecule has 98 valence electrons. The fourth-order valence-electron chi connectivity index (χ4n) is 1.80. The zero-order chi connectivity index (χ0) is 13.3. The average Bonchev–Trinajstić information content (AvgIpc) is 2.61. The van der Waals surface area contributed by atoms with Crippen LogP contribution in [0.25, 0.3) is 0 Å². The third-order valence-electron chi connectivity index (χ3n) is 2.69. The second-order valence-corrected chi connectivity index (χ2v) is 6.80. The molecule has 1 unspecified atom stereocenters. The van der Waals surface area contributed by atoms with Gasteiger partial charge in [0.05, 0.1) is 22.1 Å². The van der Waals surface area contributed by atoms with Crippen molar-refractivity contribution in [1.29, 1.82) is 0 Å². The molecule has 6 nitrogen and oxygen atoms in total. The number of aromatic nitrogens is 1. The summed E-state index contributed by atoms with van der Waals surface area (Å²) in [6, 6.07) is 0.995. The molecule has 1 aromatic rings. The van der Waals surface area contributed by atoms with Crippen LogP contribution < -0.4 is 11.1 Å². The Bertz CT molecular complexity index is 588. The van der Waals surface area contributed by atoms with Gasteiger partial charge in [-0.05, 0) is 12.5 Å². The zero-order valence-corrected chi connectivity index (χ0v) is 11.0. The topological polar surface area (TPSA) is 102 Å². The van der Waals surface area contributed by atoms with Gasteiger partial charge in [-0.3, -0.25) is 4.79 Å². The first-order valence-corrected chi connectivity index (χ1v) is 7.49. The number of anilines is 1. The van der Waals surface area contributed by atoms with Gasteiger partial charge in [-0.15, -0.1) is 0 Å². The maximum atomic E-state index is 11.9. The molecule has 3 N–H and O–H groups in total. The molecule has 0 bridgehead atoms. The van der Waals surface area contributed by atoms with E-state index >= 15 is 0 Å². The lowest BCUT2D eigenvalue weighted by atomic mass is 10.2. The first-order chi connectivity index (χ1) is 8.37. The molecule has 8 heteroatoms. The smallest absolute Gasteiger partial charge is 0.253 e. The van der Waals surface area contributed by atoms with Crippen molar-refractivity contribution in [2.24, 2.45) is 0 Å². The summed E-state index contributed by atoms with van der Waals surface area (Å²) in [4.78, 5) is 15.7. The number of halogens is 1. The average molecular weight is 290 g/mol. The van der Waals surface area contributed by atoms with Crippen molar-refractivity contribution in [2.45, 2.75) is 12.5 Å². The summed E-state index contributed by atoms with van der Waals surface area (Å²) in [6.45, 7) is 0. The number of rotatable bonds is 2. The van der Waals surface area contributed by atoms with Crippen LogP contribution in [0.2, 0.25) is 5.02 Å². The van der Waals surface area contributed by atoms with Gasteiger partial charge in [0.2, 0.25) is 0 Å². The highest BCUT2D eigenvalue weighted by Crippen LogP contribution is 2.18. The van der Waals surface area contributed by atoms with Crippen LogP contribution in [0.1, 0.15) is 16.8 Å². The van der Waals surface area contributed by atoms with Crippen molar-refractivity contribution in [3.8, 4) is 0 Å². The molecule has 0 spiro atoms. The monoisotopic (exact) mass is 289 g/mol. The third-order valence-corrected chi connectivity index (χ3v) is 4.76. The predicted octanol–water partition coefficient (Wildman–Crippen LogP) is 0.234. The molecule has 0 saturated carbocycles. The second-order valence-electron chi connectivity index (χ2n) is 4.16. The molecule has 0 aliphatic carbocycles. The zero-order valence-electron chi connectivity index (χ0n) is 9.39. The number of carbonyl (C=O) groups is 1. The van der Waals surface area contributed by atoms with E-state index in [1.807, 2.05) is 0 Å². The minimum absolute atomic E-state index is 0.0308. The summed E-state index contributed by atoms with van der Waals surface area (Å²) in [5.74, 6) is -0.180. The molecule has 1 atom stereocenters. The Kier molecular flexibility index (Phi) is 3.45. The highest BCUT2D eigenvalue weighted by atomic mass is 35.5. The van der Waals surface area contributed by atoms with Crippen LogP contribution >= 0.6 is 11.6 Å². The van der Waals surface area contributed by atoms with Gasteiger partial charge in [-0.25, -0.2) is 13.4 Å². The molecular weight excluding hydrogens is 278 g/mol. The van der Waals surface area contributed by atoms with E-state index in [-0.39, 0.29) is 34.0 Å². The number of nitrogen functional groups attached to an aromatic ring is 1. The Morgan fingerprint density at radius 1 is 1.56 bits per heavy atom. The van der Waals surface area contributed by atoms with E-state index in [9.17, 15) is 13.2 Å². The van der Waals surface area contributed by atoms with E-state index in [0.717, 1.165) is 0 Å². The van der Waals surface area contributed by atoms with Crippen molar-refractivity contribution in [3.05, 3.63) is 22.8 Å². The van der Waals surface area contributed by atoms with Gasteiger partial charge < -0.3 is 11.1 Å². The molecule has 1 aliphatic rings. The van der Waals surface area contributed by atoms with Crippen molar-refractivity contribution in [1.82, 2.24) is 10.3 Å². The number of pyridine rings is 1. The van der Waals surface area contributed by atoms with Crippen LogP contribution in [0.5, 0.6) is 0 Å². The van der Waals surface area contributed by atoms with Gasteiger partial charge >= 0.3 is 0 Å². The molecule has 1 amide bonds. The molecule has 2 rings (SSSR count). The van der Waals surface area contributed by atoms with Gasteiger partial charge in [-0.2, -0.15) is 0 Å². The summed E-state index contributed by atoms with van der Waals surface area (Å²) in [5, 5.41) is 2.82. The summed E-state index contributed by atoms with van der Waals surface area (Å²) in [6.07, 6.45) is 1.71. The van der Waals surface area contributed by atoms with Gasteiger partial charge in [0.15, 0.2) is 9.84 Å². The lowest BCUT2D eigenvalue weighted by molar-refractivity contribution is 0.0941. The molecule has 1 aliphatic heterocycles. The number of amides is 1. The number of sulfone groups is 1. The molecule has 1 fully saturated rings. The second kappa shape index (κ2) is 4.74. The lowest BCUT2D eigenvalue weighted by Gasteiger charge is -2.11. The maximum Gasteiger partial charge on any atom is 0.253 e. The lowest BCUT2D eigenvalue weighted by Crippen LogP contribution is -2.35. The van der Waals surface area contributed by atoms with Crippen LogP contribution in [-0.4, -0.2) is 36.9 Å². The molecule has 1 aromatic heterocycles. The number of nitrogens with one attached hydrogen (secondary N) is 1. The van der Waals surface area contributed by atoms with Crippen molar-refractivity contribution in [2.75, 3.05) is 17.2 Å². The Labute approximate surface area is 109 Å². The van der Waals surface area contributed by atoms with Crippen LogP contribution in [0, 0.1) is 0 Å². The summed E-state index contributed by atoms with van der Waals surface area (Å²) in [5.41, 5.74) is 5.67. The summed E-state index contributed by atoms with van der Waals surface area (Å²) >= 11 is 5.84. The molecule has 18 heavy (non-hydrogen) atoms. The highest BCUT2D eigenvalue weighted by molar-refractivity contribution is 7.91. The highest BCUT2D eigenvalue weighted by Gasteiger charge is 2.29. The fraction of sp³-hybridized carbons (Fsp3) is 0.400. The largest absolute Gasteiger partial charge is 0.384 e. The predicted molar refractivity (Wildman–Crippen MR) is 68.2 cm³/mol. The summed E-state index contributed by atoms with van der Waals surface area (Å²) < 4.78 is 22.5. The Morgan fingerprint density at radius 2 is 2.28 bits per heavy atom. The molecule has 1 saturated heterocycles. The van der Waals surface area contributed by atoms with Gasteiger partial charge in [0.25, 0.3) is 5.91 Å². The Balaban J connectivity index is 2.11. The van der Waals surface area contributed by atoms with E-state index in [4.69, 9.17) is 17.3 Å². The van der Waals surface area contributed by atoms with E-state index in [1.54, 1.807) is 0 Å². The van der Waals surface area contributed by atoms with Crippen LogP contribution in [0.4, 0.5) is 5.82 Å². The Morgan fingerprint density at radius 3 is 2.89 bits per heavy atom. The SMILES string of the molecule is Nc1cc(C(=O)NC2CCS(=O)(=O)C2)c(Cl)cn1. The van der Waals surface area contributed by atoms with E-state index in [2.05, 4.69) is 10.3 Å². The first kappa shape index (κ1) is 13.1. The van der Waals surface area contributed by atoms with Crippen LogP contribution in [0.3, 0.4) is 0 Å². The first-order valence-electron chi connectivity index (χ1n) is 5.30. The normalized spacial score (nSPS) is 21.7. The standard InChI is InChI=1S/C10H12ClN3O3S/c11-8-4-13-9(12)3-7(8)10(15)14-6-1-2-18(16,17)5-6/h3-4,6H,1-2,5H2,(H2,12,13)(H,14,15). The fourth-order valence-corrected chi connectivity index (χ4v) is 3.66. The van der Waals surface area contributed by atoms with Crippen molar-refractivity contribution >= 4 is 33.2 Å². The molecular formula is C10H12ClN3O3S. The molecule has 0 radical (unpaired) electrons. The van der Waals surface area contributed by atoms with Crippen LogP contribution in [0.15, 0.2) is 12.3 Å². The minimum atomic E-state index is -3.03. The molecule has 0 aromatic carbocycles. The number of hydrogen-bond donors (Lipinski definition) is 2. The summed E-state index contributed by atoms with van der Waals surface area (Å²) in [7, 11) is -3.03. The number of carbonyl (C=O) groups excluding carboxylic acids is 1. The van der Waals surface area contributed by atoms with Gasteiger partial charge in [0.1, 0.15) is 5.82 Å². The number of nitrogens with zero attached hydrogens (tertiary/aromatic N) is 1. The quantitative estimate of drug-likeness (QED) is 0.811. The maximum absolute atomic E-state index is 11.9. The van der Waals surface area contributed by atoms with Crippen molar-refractivity contribution in [3.63, 3.8) is 0 Å². The number of nitrogens with two attached hydrogens (primary N) is 1.